The minimum Gasteiger partial charge on any atom is -0.368 e. The van der Waals surface area contributed by atoms with Gasteiger partial charge in [-0.3, -0.25) is 0 Å². The van der Waals surface area contributed by atoms with E-state index in [1.165, 1.54) is 0 Å². The third-order valence-corrected chi connectivity index (χ3v) is 2.54. The zero-order valence-electron chi connectivity index (χ0n) is 12.8. The summed E-state index contributed by atoms with van der Waals surface area (Å²) in [4.78, 5) is 3.91. The fraction of sp³-hybridized carbons (Fsp3) is 0.0667. The van der Waals surface area contributed by atoms with E-state index in [9.17, 15) is 0 Å². The van der Waals surface area contributed by atoms with Crippen LogP contribution in [0.15, 0.2) is 42.5 Å². The van der Waals surface area contributed by atoms with Crippen LogP contribution in [0.25, 0.3) is 0 Å². The molecule has 0 amide bonds. The van der Waals surface area contributed by atoms with Crippen molar-refractivity contribution in [2.45, 2.75) is 6.92 Å². The van der Waals surface area contributed by atoms with Crippen LogP contribution in [0.5, 0.6) is 0 Å². The first-order valence-corrected chi connectivity index (χ1v) is 7.07. The van der Waals surface area contributed by atoms with Crippen molar-refractivity contribution in [3.8, 4) is 0 Å². The van der Waals surface area contributed by atoms with E-state index in [2.05, 4.69) is 45.2 Å². The first-order chi connectivity index (χ1) is 11.1. The first-order valence-electron chi connectivity index (χ1n) is 6.35. The molecule has 1 heterocycles. The number of rotatable bonds is 2. The molecular formula is C15H14ClN5OSY-2. The second-order valence-electron chi connectivity index (χ2n) is 4.15. The predicted molar refractivity (Wildman–Crippen MR) is 92.5 cm³/mol. The Morgan fingerprint density at radius 1 is 1.25 bits per heavy atom. The van der Waals surface area contributed by atoms with Crippen molar-refractivity contribution in [2.24, 2.45) is 0 Å². The molecule has 3 rings (SSSR count). The molecule has 0 bridgehead atoms. The molecule has 9 heteroatoms. The van der Waals surface area contributed by atoms with E-state index >= 15 is 0 Å². The number of benzene rings is 2. The van der Waals surface area contributed by atoms with Gasteiger partial charge in [-0.25, -0.2) is 5.10 Å². The normalized spacial score (nSPS) is 8.58. The largest absolute Gasteiger partial charge is 0.368 e. The van der Waals surface area contributed by atoms with Gasteiger partial charge in [0.1, 0.15) is 0 Å². The second-order valence-corrected chi connectivity index (χ2v) is 4.55. The molecule has 0 saturated heterocycles. The Morgan fingerprint density at radius 2 is 1.92 bits per heavy atom. The zero-order valence-corrected chi connectivity index (χ0v) is 17.2. The van der Waals surface area contributed by atoms with Gasteiger partial charge in [-0.2, -0.15) is 57.2 Å². The van der Waals surface area contributed by atoms with Crippen LogP contribution in [0.3, 0.4) is 0 Å². The minimum atomic E-state index is 0. The van der Waals surface area contributed by atoms with Crippen LogP contribution in [0.1, 0.15) is 5.56 Å². The van der Waals surface area contributed by atoms with Crippen LogP contribution in [-0.4, -0.2) is 19.4 Å². The molecule has 0 saturated carbocycles. The molecule has 0 aliphatic rings. The Morgan fingerprint density at radius 3 is 2.33 bits per heavy atom. The maximum atomic E-state index is 7.83. The maximum Gasteiger partial charge on any atom is 0.246 e. The average Bonchev–Trinajstić information content (AvgIpc) is 2.95. The monoisotopic (exact) mass is 436 g/mol. The van der Waals surface area contributed by atoms with Gasteiger partial charge in [0.15, 0.2) is 12.5 Å². The van der Waals surface area contributed by atoms with E-state index in [4.69, 9.17) is 21.5 Å². The molecule has 0 fully saturated rings. The molecule has 6 nitrogen and oxygen atoms in total. The number of H-pyrrole nitrogens is 1. The van der Waals surface area contributed by atoms with Gasteiger partial charge in [0, 0.05) is 32.7 Å². The van der Waals surface area contributed by atoms with Gasteiger partial charge in [-0.05, 0) is 0 Å². The van der Waals surface area contributed by atoms with Crippen LogP contribution >= 0.6 is 11.6 Å². The van der Waals surface area contributed by atoms with Gasteiger partial charge < -0.3 is 11.1 Å². The molecule has 4 N–H and O–H groups in total. The summed E-state index contributed by atoms with van der Waals surface area (Å²) in [5.74, 6) is 0.678. The molecule has 3 aromatic rings. The van der Waals surface area contributed by atoms with Gasteiger partial charge in [-0.15, -0.1) is 28.8 Å². The summed E-state index contributed by atoms with van der Waals surface area (Å²) in [5.41, 5.74) is 7.13. The Balaban J connectivity index is 0.000000496. The van der Waals surface area contributed by atoms with Gasteiger partial charge in [0.05, 0.1) is 0 Å². The molecule has 24 heavy (non-hydrogen) atoms. The van der Waals surface area contributed by atoms with Crippen molar-refractivity contribution >= 4 is 41.7 Å². The molecule has 2 aromatic carbocycles. The van der Waals surface area contributed by atoms with Crippen molar-refractivity contribution in [3.05, 3.63) is 65.2 Å². The third kappa shape index (κ3) is 9.03. The number of hydrogen-bond acceptors (Lipinski definition) is 6. The summed E-state index contributed by atoms with van der Waals surface area (Å²) in [5, 5.41) is 9.89. The van der Waals surface area contributed by atoms with Crippen molar-refractivity contribution in [2.75, 3.05) is 11.1 Å². The molecular weight excluding hydrogens is 423 g/mol. The first kappa shape index (κ1) is 22.6. The Kier molecular flexibility index (Phi) is 12.2. The summed E-state index contributed by atoms with van der Waals surface area (Å²) >= 11 is 8.69. The standard InChI is InChI=1S/C9H9ClN5.C6H5.OS.Y/c1-5-2-6(10)4-7(3-5)12-9-13-8(11)14-15-9;1-2-4-6-5-3-1;1-2;/h3-4H,1H3,(H4,11,12,13,14,15);1-5H;;/q2*-1;;. The average molecular weight is 437 g/mol. The van der Waals surface area contributed by atoms with E-state index in [1.807, 2.05) is 43.3 Å². The summed E-state index contributed by atoms with van der Waals surface area (Å²) in [6.45, 7) is 1.91. The van der Waals surface area contributed by atoms with Crippen molar-refractivity contribution in [1.82, 2.24) is 15.2 Å². The molecule has 0 spiro atoms. The van der Waals surface area contributed by atoms with E-state index in [1.54, 1.807) is 6.07 Å². The van der Waals surface area contributed by atoms with E-state index in [-0.39, 0.29) is 38.7 Å². The number of hydrogen-bond donors (Lipinski definition) is 3. The number of halogens is 1. The Labute approximate surface area is 176 Å². The predicted octanol–water partition coefficient (Wildman–Crippen LogP) is 3.04. The van der Waals surface area contributed by atoms with Gasteiger partial charge in [0.25, 0.3) is 0 Å². The molecule has 0 unspecified atom stereocenters. The number of aryl methyl sites for hydroxylation is 1. The molecule has 0 aliphatic carbocycles. The minimum absolute atomic E-state index is 0. The number of aromatic amines is 1. The molecule has 1 radical (unpaired) electrons. The quantitative estimate of drug-likeness (QED) is 0.534. The molecule has 123 valence electrons. The van der Waals surface area contributed by atoms with Crippen molar-refractivity contribution < 1.29 is 36.9 Å². The van der Waals surface area contributed by atoms with Crippen molar-refractivity contribution in [3.63, 3.8) is 0 Å². The second kappa shape index (κ2) is 12.9. The van der Waals surface area contributed by atoms with Crippen molar-refractivity contribution in [1.29, 1.82) is 0 Å². The smallest absolute Gasteiger partial charge is 0.246 e. The number of nitrogens with one attached hydrogen (secondary N) is 2. The molecule has 1 aromatic heterocycles. The number of nitrogen functional groups attached to an aromatic ring is 1. The summed E-state index contributed by atoms with van der Waals surface area (Å²) in [6, 6.07) is 19.1. The van der Waals surface area contributed by atoms with Crippen LogP contribution in [-0.2, 0) is 45.2 Å². The van der Waals surface area contributed by atoms with E-state index in [0.717, 1.165) is 11.3 Å². The number of anilines is 3. The fourth-order valence-electron chi connectivity index (χ4n) is 1.55. The van der Waals surface area contributed by atoms with E-state index in [0.29, 0.717) is 11.0 Å². The summed E-state index contributed by atoms with van der Waals surface area (Å²) < 4.78 is 7.83. The fourth-order valence-corrected chi connectivity index (χ4v) is 1.81. The number of nitrogens with two attached hydrogens (primary N) is 1. The molecule has 0 aliphatic heterocycles. The van der Waals surface area contributed by atoms with Gasteiger partial charge in [-0.1, -0.05) is 17.6 Å². The third-order valence-electron chi connectivity index (χ3n) is 2.34. The van der Waals surface area contributed by atoms with Gasteiger partial charge >= 0.3 is 0 Å². The topological polar surface area (TPSA) is 96.7 Å². The summed E-state index contributed by atoms with van der Waals surface area (Å²) in [6.07, 6.45) is 0. The zero-order chi connectivity index (χ0) is 17.1. The summed E-state index contributed by atoms with van der Waals surface area (Å²) in [7, 11) is 0. The van der Waals surface area contributed by atoms with E-state index < -0.39 is 0 Å². The van der Waals surface area contributed by atoms with Crippen LogP contribution in [0.4, 0.5) is 17.6 Å². The maximum absolute atomic E-state index is 7.83. The Bertz CT molecular complexity index is 667. The number of aromatic nitrogens is 3. The Hall–Kier alpha value is -1.41. The van der Waals surface area contributed by atoms with Crippen LogP contribution in [0.2, 0.25) is 5.02 Å². The van der Waals surface area contributed by atoms with Crippen LogP contribution in [0, 0.1) is 19.1 Å². The number of nitrogens with zero attached hydrogens (tertiary/aromatic N) is 2. The molecule has 0 atom stereocenters. The van der Waals surface area contributed by atoms with Gasteiger partial charge in [0.2, 0.25) is 11.9 Å². The van der Waals surface area contributed by atoms with Crippen LogP contribution < -0.4 is 11.1 Å². The SMILES string of the molecule is Cc1[c-]c(Cl)cc(Nc2n[nH]c(N)n2)c1.O=S.[Y].[c-]1ccccc1.